The molecule has 0 aliphatic heterocycles. The first-order valence-electron chi connectivity index (χ1n) is 4.21. The lowest BCUT2D eigenvalue weighted by Gasteiger charge is -2.09. The lowest BCUT2D eigenvalue weighted by molar-refractivity contribution is -0.145. The van der Waals surface area contributed by atoms with Crippen LogP contribution < -0.4 is 0 Å². The standard InChI is InChI=1S/C9H15NO2/c1-3-4-5-8(6-7-10)9(11)12-2/h8H,3-6H2,1-2H3. The van der Waals surface area contributed by atoms with Crippen molar-refractivity contribution in [3.8, 4) is 6.07 Å². The molecule has 0 fully saturated rings. The average molecular weight is 169 g/mol. The fourth-order valence-corrected chi connectivity index (χ4v) is 1.03. The zero-order chi connectivity index (χ0) is 9.40. The molecule has 0 aromatic carbocycles. The van der Waals surface area contributed by atoms with E-state index in [4.69, 9.17) is 5.26 Å². The first-order valence-corrected chi connectivity index (χ1v) is 4.21. The lowest BCUT2D eigenvalue weighted by Crippen LogP contribution is -2.15. The number of methoxy groups -OCH3 is 1. The second-order valence-corrected chi connectivity index (χ2v) is 2.72. The largest absolute Gasteiger partial charge is 0.469 e. The molecule has 0 heterocycles. The van der Waals surface area contributed by atoms with Gasteiger partial charge < -0.3 is 4.74 Å². The molecule has 0 aromatic rings. The van der Waals surface area contributed by atoms with Gasteiger partial charge in [-0.15, -0.1) is 0 Å². The van der Waals surface area contributed by atoms with Crippen molar-refractivity contribution in [2.24, 2.45) is 5.92 Å². The third kappa shape index (κ3) is 3.97. The molecule has 0 N–H and O–H groups in total. The summed E-state index contributed by atoms with van der Waals surface area (Å²) >= 11 is 0. The van der Waals surface area contributed by atoms with E-state index >= 15 is 0 Å². The summed E-state index contributed by atoms with van der Waals surface area (Å²) in [6.45, 7) is 2.06. The van der Waals surface area contributed by atoms with Gasteiger partial charge in [0.05, 0.1) is 19.1 Å². The molecule has 0 bridgehead atoms. The Hall–Kier alpha value is -1.04. The number of nitrogens with zero attached hydrogens (tertiary/aromatic N) is 1. The Morgan fingerprint density at radius 1 is 1.67 bits per heavy atom. The van der Waals surface area contributed by atoms with Gasteiger partial charge in [0.1, 0.15) is 0 Å². The second kappa shape index (κ2) is 6.66. The number of unbranched alkanes of at least 4 members (excludes halogenated alkanes) is 1. The third-order valence-electron chi connectivity index (χ3n) is 1.78. The highest BCUT2D eigenvalue weighted by Gasteiger charge is 2.17. The summed E-state index contributed by atoms with van der Waals surface area (Å²) in [6.07, 6.45) is 3.05. The fourth-order valence-electron chi connectivity index (χ4n) is 1.03. The van der Waals surface area contributed by atoms with Crippen LogP contribution in [0.25, 0.3) is 0 Å². The number of rotatable bonds is 5. The Labute approximate surface area is 73.3 Å². The Kier molecular flexibility index (Phi) is 6.08. The summed E-state index contributed by atoms with van der Waals surface area (Å²) in [5.74, 6) is -0.482. The van der Waals surface area contributed by atoms with Crippen LogP contribution in [0.2, 0.25) is 0 Å². The Balaban J connectivity index is 3.87. The van der Waals surface area contributed by atoms with E-state index < -0.39 is 0 Å². The number of esters is 1. The predicted molar refractivity (Wildman–Crippen MR) is 45.3 cm³/mol. The van der Waals surface area contributed by atoms with Crippen molar-refractivity contribution in [1.82, 2.24) is 0 Å². The topological polar surface area (TPSA) is 50.1 Å². The number of ether oxygens (including phenoxy) is 1. The molecule has 0 aliphatic rings. The minimum absolute atomic E-state index is 0.222. The predicted octanol–water partition coefficient (Wildman–Crippen LogP) is 1.88. The van der Waals surface area contributed by atoms with Gasteiger partial charge in [-0.25, -0.2) is 0 Å². The molecule has 0 aliphatic carbocycles. The van der Waals surface area contributed by atoms with Crippen molar-refractivity contribution >= 4 is 5.97 Å². The Bertz CT molecular complexity index is 172. The summed E-state index contributed by atoms with van der Waals surface area (Å²) in [4.78, 5) is 11.0. The van der Waals surface area contributed by atoms with Crippen molar-refractivity contribution in [3.05, 3.63) is 0 Å². The van der Waals surface area contributed by atoms with Crippen LogP contribution in [0.5, 0.6) is 0 Å². The summed E-state index contributed by atoms with van der Waals surface area (Å²) in [7, 11) is 1.36. The normalized spacial score (nSPS) is 11.8. The SMILES string of the molecule is CCCCC(CC#N)C(=O)OC. The van der Waals surface area contributed by atoms with Gasteiger partial charge in [-0.3, -0.25) is 4.79 Å². The van der Waals surface area contributed by atoms with E-state index in [1.165, 1.54) is 7.11 Å². The zero-order valence-electron chi connectivity index (χ0n) is 7.67. The van der Waals surface area contributed by atoms with Gasteiger partial charge in [0.2, 0.25) is 0 Å². The molecular weight excluding hydrogens is 154 g/mol. The monoisotopic (exact) mass is 169 g/mol. The first kappa shape index (κ1) is 11.0. The number of carbonyl (C=O) groups excluding carboxylic acids is 1. The second-order valence-electron chi connectivity index (χ2n) is 2.72. The summed E-state index contributed by atoms with van der Waals surface area (Å²) in [5.41, 5.74) is 0. The average Bonchev–Trinajstić information content (AvgIpc) is 2.11. The zero-order valence-corrected chi connectivity index (χ0v) is 7.67. The van der Waals surface area contributed by atoms with E-state index in [0.29, 0.717) is 0 Å². The Morgan fingerprint density at radius 3 is 2.75 bits per heavy atom. The summed E-state index contributed by atoms with van der Waals surface area (Å²) < 4.78 is 4.57. The van der Waals surface area contributed by atoms with Gasteiger partial charge in [-0.05, 0) is 6.42 Å². The number of carbonyl (C=O) groups is 1. The van der Waals surface area contributed by atoms with Gasteiger partial charge in [-0.2, -0.15) is 5.26 Å². The summed E-state index contributed by atoms with van der Waals surface area (Å²) in [6, 6.07) is 1.99. The quantitative estimate of drug-likeness (QED) is 0.590. The molecule has 12 heavy (non-hydrogen) atoms. The molecule has 0 aromatic heterocycles. The molecule has 68 valence electrons. The molecule has 0 amide bonds. The minimum atomic E-state index is -0.259. The van der Waals surface area contributed by atoms with Crippen molar-refractivity contribution in [2.75, 3.05) is 7.11 Å². The van der Waals surface area contributed by atoms with E-state index in [9.17, 15) is 4.79 Å². The van der Waals surface area contributed by atoms with E-state index in [1.54, 1.807) is 0 Å². The maximum absolute atomic E-state index is 11.0. The van der Waals surface area contributed by atoms with Crippen molar-refractivity contribution in [1.29, 1.82) is 5.26 Å². The lowest BCUT2D eigenvalue weighted by atomic mass is 9.99. The van der Waals surface area contributed by atoms with Crippen LogP contribution in [0.4, 0.5) is 0 Å². The molecule has 3 heteroatoms. The molecule has 0 saturated carbocycles. The molecule has 1 unspecified atom stereocenters. The van der Waals surface area contributed by atoms with Gasteiger partial charge >= 0.3 is 5.97 Å². The molecule has 1 atom stereocenters. The van der Waals surface area contributed by atoms with Crippen LogP contribution >= 0.6 is 0 Å². The number of hydrogen-bond acceptors (Lipinski definition) is 3. The fraction of sp³-hybridized carbons (Fsp3) is 0.778. The van der Waals surface area contributed by atoms with E-state index in [-0.39, 0.29) is 18.3 Å². The Morgan fingerprint density at radius 2 is 2.33 bits per heavy atom. The maximum atomic E-state index is 11.0. The smallest absolute Gasteiger partial charge is 0.309 e. The molecule has 0 saturated heterocycles. The highest BCUT2D eigenvalue weighted by atomic mass is 16.5. The van der Waals surface area contributed by atoms with Crippen LogP contribution in [-0.2, 0) is 9.53 Å². The molecule has 0 spiro atoms. The third-order valence-corrected chi connectivity index (χ3v) is 1.78. The maximum Gasteiger partial charge on any atom is 0.309 e. The van der Waals surface area contributed by atoms with Gasteiger partial charge in [-0.1, -0.05) is 19.8 Å². The molecule has 0 radical (unpaired) electrons. The number of hydrogen-bond donors (Lipinski definition) is 0. The van der Waals surface area contributed by atoms with E-state index in [2.05, 4.69) is 11.7 Å². The highest BCUT2D eigenvalue weighted by Crippen LogP contribution is 2.13. The molecule has 3 nitrogen and oxygen atoms in total. The minimum Gasteiger partial charge on any atom is -0.469 e. The van der Waals surface area contributed by atoms with Gasteiger partial charge in [0.15, 0.2) is 0 Å². The van der Waals surface area contributed by atoms with Crippen LogP contribution in [0.1, 0.15) is 32.6 Å². The first-order chi connectivity index (χ1) is 5.76. The van der Waals surface area contributed by atoms with Crippen molar-refractivity contribution in [2.45, 2.75) is 32.6 Å². The highest BCUT2D eigenvalue weighted by molar-refractivity contribution is 5.72. The van der Waals surface area contributed by atoms with Crippen molar-refractivity contribution in [3.63, 3.8) is 0 Å². The number of nitriles is 1. The van der Waals surface area contributed by atoms with E-state index in [0.717, 1.165) is 19.3 Å². The van der Waals surface area contributed by atoms with Crippen molar-refractivity contribution < 1.29 is 9.53 Å². The van der Waals surface area contributed by atoms with Gasteiger partial charge in [0, 0.05) is 6.42 Å². The van der Waals surface area contributed by atoms with Crippen LogP contribution in [0.3, 0.4) is 0 Å². The molecular formula is C9H15NO2. The summed E-state index contributed by atoms with van der Waals surface area (Å²) in [5, 5.41) is 8.42. The van der Waals surface area contributed by atoms with E-state index in [1.807, 2.05) is 6.07 Å². The van der Waals surface area contributed by atoms with Crippen LogP contribution in [0, 0.1) is 17.2 Å². The van der Waals surface area contributed by atoms with Gasteiger partial charge in [0.25, 0.3) is 0 Å². The van der Waals surface area contributed by atoms with Crippen LogP contribution in [0.15, 0.2) is 0 Å². The molecule has 0 rings (SSSR count). The van der Waals surface area contributed by atoms with Crippen LogP contribution in [-0.4, -0.2) is 13.1 Å².